The highest BCUT2D eigenvalue weighted by Crippen LogP contribution is 2.22. The Hall–Kier alpha value is -2.69. The highest BCUT2D eigenvalue weighted by Gasteiger charge is 2.21. The van der Waals surface area contributed by atoms with Crippen LogP contribution in [-0.4, -0.2) is 23.5 Å². The van der Waals surface area contributed by atoms with E-state index in [0.29, 0.717) is 11.1 Å². The van der Waals surface area contributed by atoms with Crippen molar-refractivity contribution in [1.29, 1.82) is 0 Å². The zero-order chi connectivity index (χ0) is 17.5. The number of rotatable bonds is 7. The Bertz CT molecular complexity index is 703. The van der Waals surface area contributed by atoms with Gasteiger partial charge in [-0.05, 0) is 23.1 Å². The van der Waals surface area contributed by atoms with Crippen LogP contribution in [0, 0.1) is 5.82 Å². The third-order valence-electron chi connectivity index (χ3n) is 3.93. The van der Waals surface area contributed by atoms with Crippen LogP contribution < -0.4 is 5.32 Å². The summed E-state index contributed by atoms with van der Waals surface area (Å²) in [6.45, 7) is 1.77. The highest BCUT2D eigenvalue weighted by molar-refractivity contribution is 5.80. The lowest BCUT2D eigenvalue weighted by molar-refractivity contribution is -0.138. The summed E-state index contributed by atoms with van der Waals surface area (Å²) in [5.41, 5.74) is 1.11. The zero-order valence-corrected chi connectivity index (χ0v) is 13.4. The predicted octanol–water partition coefficient (Wildman–Crippen LogP) is 3.30. The molecule has 2 aromatic carbocycles. The second-order valence-corrected chi connectivity index (χ2v) is 5.73. The lowest BCUT2D eigenvalue weighted by Gasteiger charge is -2.16. The highest BCUT2D eigenvalue weighted by atomic mass is 19.1. The molecular formula is C19H20FNO3. The molecule has 2 N–H and O–H groups in total. The number of halogens is 1. The number of hydrogen-bond acceptors (Lipinski definition) is 2. The third kappa shape index (κ3) is 4.65. The molecule has 0 radical (unpaired) electrons. The molecule has 126 valence electrons. The molecule has 2 rings (SSSR count). The van der Waals surface area contributed by atoms with Gasteiger partial charge in [-0.3, -0.25) is 9.59 Å². The van der Waals surface area contributed by atoms with Crippen LogP contribution in [0.4, 0.5) is 4.39 Å². The molecule has 2 unspecified atom stereocenters. The second-order valence-electron chi connectivity index (χ2n) is 5.73. The first-order valence-corrected chi connectivity index (χ1v) is 7.78. The van der Waals surface area contributed by atoms with Crippen molar-refractivity contribution in [2.45, 2.75) is 25.2 Å². The van der Waals surface area contributed by atoms with Gasteiger partial charge < -0.3 is 10.4 Å². The van der Waals surface area contributed by atoms with Gasteiger partial charge in [-0.25, -0.2) is 4.39 Å². The SMILES string of the molecule is CC(CC(=O)NCC(C(=O)O)c1ccccc1)c1ccccc1F. The Morgan fingerprint density at radius 1 is 1.08 bits per heavy atom. The molecule has 1 amide bonds. The van der Waals surface area contributed by atoms with E-state index in [1.165, 1.54) is 6.07 Å². The standard InChI is InChI=1S/C19H20FNO3/c1-13(15-9-5-6-10-17(15)20)11-18(22)21-12-16(19(23)24)14-7-3-2-4-8-14/h2-10,13,16H,11-12H2,1H3,(H,21,22)(H,23,24). The van der Waals surface area contributed by atoms with E-state index in [1.54, 1.807) is 55.5 Å². The average molecular weight is 329 g/mol. The topological polar surface area (TPSA) is 66.4 Å². The van der Waals surface area contributed by atoms with Crippen LogP contribution in [0.25, 0.3) is 0 Å². The first kappa shape index (κ1) is 17.7. The van der Waals surface area contributed by atoms with E-state index in [9.17, 15) is 19.1 Å². The average Bonchev–Trinajstić information content (AvgIpc) is 2.56. The smallest absolute Gasteiger partial charge is 0.312 e. The molecule has 0 fully saturated rings. The lowest BCUT2D eigenvalue weighted by atomic mass is 9.96. The van der Waals surface area contributed by atoms with Gasteiger partial charge in [-0.1, -0.05) is 55.5 Å². The monoisotopic (exact) mass is 329 g/mol. The molecule has 0 aliphatic rings. The molecule has 0 bridgehead atoms. The molecule has 4 nitrogen and oxygen atoms in total. The fourth-order valence-electron chi connectivity index (χ4n) is 2.58. The maximum Gasteiger partial charge on any atom is 0.312 e. The first-order valence-electron chi connectivity index (χ1n) is 7.78. The Morgan fingerprint density at radius 3 is 2.33 bits per heavy atom. The van der Waals surface area contributed by atoms with Crippen LogP contribution in [0.1, 0.15) is 36.3 Å². The van der Waals surface area contributed by atoms with Gasteiger partial charge in [0.05, 0.1) is 5.92 Å². The van der Waals surface area contributed by atoms with E-state index in [2.05, 4.69) is 5.32 Å². The van der Waals surface area contributed by atoms with Crippen LogP contribution in [0.15, 0.2) is 54.6 Å². The van der Waals surface area contributed by atoms with Gasteiger partial charge in [0.25, 0.3) is 0 Å². The summed E-state index contributed by atoms with van der Waals surface area (Å²) < 4.78 is 13.7. The number of carboxylic acid groups (broad SMARTS) is 1. The first-order chi connectivity index (χ1) is 11.5. The van der Waals surface area contributed by atoms with E-state index < -0.39 is 11.9 Å². The summed E-state index contributed by atoms with van der Waals surface area (Å²) in [7, 11) is 0. The molecule has 24 heavy (non-hydrogen) atoms. The van der Waals surface area contributed by atoms with Crippen molar-refractivity contribution in [1.82, 2.24) is 5.32 Å². The molecule has 2 atom stereocenters. The summed E-state index contributed by atoms with van der Waals surface area (Å²) in [5.74, 6) is -2.73. The Balaban J connectivity index is 1.94. The predicted molar refractivity (Wildman–Crippen MR) is 89.3 cm³/mol. The number of benzene rings is 2. The Kier molecular flexibility index (Phi) is 6.07. The number of carboxylic acids is 1. The minimum Gasteiger partial charge on any atom is -0.481 e. The van der Waals surface area contributed by atoms with Crippen molar-refractivity contribution in [2.24, 2.45) is 0 Å². The van der Waals surface area contributed by atoms with Crippen LogP contribution in [0.3, 0.4) is 0 Å². The van der Waals surface area contributed by atoms with Crippen molar-refractivity contribution in [2.75, 3.05) is 6.54 Å². The maximum atomic E-state index is 13.7. The minimum atomic E-state index is -0.997. The van der Waals surface area contributed by atoms with Gasteiger partial charge in [0.15, 0.2) is 0 Å². The third-order valence-corrected chi connectivity index (χ3v) is 3.93. The molecule has 5 heteroatoms. The number of nitrogens with one attached hydrogen (secondary N) is 1. The molecule has 2 aromatic rings. The van der Waals surface area contributed by atoms with E-state index in [-0.39, 0.29) is 30.6 Å². The van der Waals surface area contributed by atoms with Gasteiger partial charge in [0.1, 0.15) is 5.82 Å². The second kappa shape index (κ2) is 8.24. The van der Waals surface area contributed by atoms with Gasteiger partial charge in [0.2, 0.25) is 5.91 Å². The quantitative estimate of drug-likeness (QED) is 0.819. The van der Waals surface area contributed by atoms with Gasteiger partial charge in [0, 0.05) is 13.0 Å². The molecule has 0 aliphatic heterocycles. The molecular weight excluding hydrogens is 309 g/mol. The molecule has 0 heterocycles. The normalized spacial score (nSPS) is 13.1. The van der Waals surface area contributed by atoms with Crippen molar-refractivity contribution >= 4 is 11.9 Å². The van der Waals surface area contributed by atoms with Gasteiger partial charge >= 0.3 is 5.97 Å². The largest absolute Gasteiger partial charge is 0.481 e. The van der Waals surface area contributed by atoms with E-state index in [0.717, 1.165) is 0 Å². The summed E-state index contributed by atoms with van der Waals surface area (Å²) in [5, 5.41) is 12.0. The van der Waals surface area contributed by atoms with Gasteiger partial charge in [-0.2, -0.15) is 0 Å². The number of hydrogen-bond donors (Lipinski definition) is 2. The van der Waals surface area contributed by atoms with Crippen LogP contribution in [0.2, 0.25) is 0 Å². The van der Waals surface area contributed by atoms with Crippen molar-refractivity contribution < 1.29 is 19.1 Å². The molecule has 0 aliphatic carbocycles. The molecule has 0 saturated carbocycles. The summed E-state index contributed by atoms with van der Waals surface area (Å²) >= 11 is 0. The maximum absolute atomic E-state index is 13.7. The zero-order valence-electron chi connectivity index (χ0n) is 13.4. The summed E-state index contributed by atoms with van der Waals surface area (Å²) in [4.78, 5) is 23.5. The Labute approximate surface area is 140 Å². The van der Waals surface area contributed by atoms with Crippen molar-refractivity contribution in [3.05, 3.63) is 71.5 Å². The summed E-state index contributed by atoms with van der Waals surface area (Å²) in [6, 6.07) is 15.1. The lowest BCUT2D eigenvalue weighted by Crippen LogP contribution is -2.32. The summed E-state index contributed by atoms with van der Waals surface area (Å²) in [6.07, 6.45) is 0.0993. The van der Waals surface area contributed by atoms with Crippen molar-refractivity contribution in [3.63, 3.8) is 0 Å². The molecule has 0 saturated heterocycles. The minimum absolute atomic E-state index is 0.00215. The van der Waals surface area contributed by atoms with Crippen molar-refractivity contribution in [3.8, 4) is 0 Å². The number of carbonyl (C=O) groups excluding carboxylic acids is 1. The number of aliphatic carboxylic acids is 1. The molecule has 0 spiro atoms. The van der Waals surface area contributed by atoms with E-state index in [4.69, 9.17) is 0 Å². The van der Waals surface area contributed by atoms with Crippen LogP contribution in [-0.2, 0) is 9.59 Å². The Morgan fingerprint density at radius 2 is 1.71 bits per heavy atom. The molecule has 0 aromatic heterocycles. The van der Waals surface area contributed by atoms with Crippen LogP contribution in [0.5, 0.6) is 0 Å². The number of carbonyl (C=O) groups is 2. The van der Waals surface area contributed by atoms with Crippen LogP contribution >= 0.6 is 0 Å². The number of amides is 1. The van der Waals surface area contributed by atoms with Gasteiger partial charge in [-0.15, -0.1) is 0 Å². The fourth-order valence-corrected chi connectivity index (χ4v) is 2.58. The van der Waals surface area contributed by atoms with E-state index in [1.807, 2.05) is 0 Å². The fraction of sp³-hybridized carbons (Fsp3) is 0.263. The van der Waals surface area contributed by atoms with E-state index >= 15 is 0 Å².